The van der Waals surface area contributed by atoms with E-state index in [2.05, 4.69) is 63.0 Å². The van der Waals surface area contributed by atoms with Crippen molar-refractivity contribution in [3.05, 3.63) is 71.3 Å². The van der Waals surface area contributed by atoms with E-state index < -0.39 is 0 Å². The van der Waals surface area contributed by atoms with Crippen LogP contribution < -0.4 is 5.32 Å². The van der Waals surface area contributed by atoms with Gasteiger partial charge in [-0.2, -0.15) is 0 Å². The molecule has 0 unspecified atom stereocenters. The summed E-state index contributed by atoms with van der Waals surface area (Å²) in [5.74, 6) is 0.339. The number of allylic oxidation sites excluding steroid dienone is 2. The van der Waals surface area contributed by atoms with E-state index >= 15 is 0 Å². The summed E-state index contributed by atoms with van der Waals surface area (Å²) in [5.41, 5.74) is 4.33. The van der Waals surface area contributed by atoms with E-state index in [1.165, 1.54) is 16.7 Å². The highest BCUT2D eigenvalue weighted by Crippen LogP contribution is 2.61. The van der Waals surface area contributed by atoms with Gasteiger partial charge in [0.25, 0.3) is 0 Å². The predicted octanol–water partition coefficient (Wildman–Crippen LogP) is 4.92. The number of esters is 1. The Balaban J connectivity index is 1.47. The minimum absolute atomic E-state index is 0.0154. The van der Waals surface area contributed by atoms with Crippen molar-refractivity contribution in [3.63, 3.8) is 0 Å². The first-order chi connectivity index (χ1) is 15.7. The van der Waals surface area contributed by atoms with E-state index in [0.717, 1.165) is 45.2 Å². The standard InChI is InChI=1S/C29H39NO3/c1-20-5-8-22(9-6-20)14-17-30-19-29(4)25-12-7-21(2)24(28(25,3)16-13-26(29)31)11-10-23-15-18-33-27(23)32/h5-6,8-11,15,24-26,30-31H,2,7,12-14,16-19H2,1,3-4H3/b11-10+/t24-,25+,26-,28+,29+/m1/s1. The third-order valence-corrected chi connectivity index (χ3v) is 8.65. The smallest absolute Gasteiger partial charge is 0.338 e. The molecule has 2 N–H and O–H groups in total. The van der Waals surface area contributed by atoms with E-state index in [-0.39, 0.29) is 28.8 Å². The third-order valence-electron chi connectivity index (χ3n) is 8.65. The molecule has 0 aromatic heterocycles. The van der Waals surface area contributed by atoms with E-state index in [0.29, 0.717) is 18.1 Å². The van der Waals surface area contributed by atoms with E-state index in [1.807, 2.05) is 12.2 Å². The molecule has 0 amide bonds. The number of hydrogen-bond acceptors (Lipinski definition) is 4. The summed E-state index contributed by atoms with van der Waals surface area (Å²) in [6, 6.07) is 8.72. The fourth-order valence-corrected chi connectivity index (χ4v) is 6.57. The Kier molecular flexibility index (Phi) is 6.97. The van der Waals surface area contributed by atoms with Gasteiger partial charge in [0.2, 0.25) is 0 Å². The van der Waals surface area contributed by atoms with E-state index in [9.17, 15) is 9.90 Å². The zero-order chi connectivity index (χ0) is 23.6. The molecule has 2 saturated carbocycles. The third kappa shape index (κ3) is 4.74. The zero-order valence-corrected chi connectivity index (χ0v) is 20.4. The first-order valence-corrected chi connectivity index (χ1v) is 12.4. The summed E-state index contributed by atoms with van der Waals surface area (Å²) in [4.78, 5) is 11.9. The second-order valence-corrected chi connectivity index (χ2v) is 10.8. The Labute approximate surface area is 198 Å². The minimum Gasteiger partial charge on any atom is -0.458 e. The van der Waals surface area contributed by atoms with Crippen LogP contribution in [0.5, 0.6) is 0 Å². The predicted molar refractivity (Wildman–Crippen MR) is 133 cm³/mol. The average molecular weight is 450 g/mol. The van der Waals surface area contributed by atoms with Crippen molar-refractivity contribution in [1.82, 2.24) is 5.32 Å². The van der Waals surface area contributed by atoms with Gasteiger partial charge in [-0.3, -0.25) is 0 Å². The second kappa shape index (κ2) is 9.60. The monoisotopic (exact) mass is 449 g/mol. The topological polar surface area (TPSA) is 58.6 Å². The number of fused-ring (bicyclic) bond motifs is 1. The maximum absolute atomic E-state index is 11.9. The van der Waals surface area contributed by atoms with Gasteiger partial charge in [0.15, 0.2) is 0 Å². The van der Waals surface area contributed by atoms with Crippen molar-refractivity contribution in [3.8, 4) is 0 Å². The average Bonchev–Trinajstić information content (AvgIpc) is 3.20. The van der Waals surface area contributed by atoms with Crippen LogP contribution in [0.1, 0.15) is 50.7 Å². The van der Waals surface area contributed by atoms with Crippen LogP contribution in [-0.2, 0) is 16.0 Å². The van der Waals surface area contributed by atoms with Crippen LogP contribution in [0.15, 0.2) is 60.2 Å². The lowest BCUT2D eigenvalue weighted by atomic mass is 9.46. The Morgan fingerprint density at radius 3 is 2.70 bits per heavy atom. The van der Waals surface area contributed by atoms with Gasteiger partial charge in [-0.1, -0.05) is 68.0 Å². The highest BCUT2D eigenvalue weighted by atomic mass is 16.5. The van der Waals surface area contributed by atoms with Crippen molar-refractivity contribution in [2.75, 3.05) is 19.7 Å². The molecule has 2 fully saturated rings. The largest absolute Gasteiger partial charge is 0.458 e. The summed E-state index contributed by atoms with van der Waals surface area (Å²) >= 11 is 0. The van der Waals surface area contributed by atoms with Crippen LogP contribution in [0, 0.1) is 29.6 Å². The lowest BCUT2D eigenvalue weighted by Crippen LogP contribution is -2.59. The molecule has 0 saturated heterocycles. The summed E-state index contributed by atoms with van der Waals surface area (Å²) in [5, 5.41) is 14.8. The molecular formula is C29H39NO3. The van der Waals surface area contributed by atoms with Crippen molar-refractivity contribution in [2.45, 2.75) is 59.0 Å². The summed E-state index contributed by atoms with van der Waals surface area (Å²) in [6.45, 7) is 13.2. The lowest BCUT2D eigenvalue weighted by molar-refractivity contribution is -0.135. The number of ether oxygens (including phenoxy) is 1. The number of aliphatic hydroxyl groups is 1. The molecule has 4 heteroatoms. The molecule has 3 aliphatic rings. The molecule has 2 aliphatic carbocycles. The number of rotatable bonds is 7. The van der Waals surface area contributed by atoms with Gasteiger partial charge in [0.1, 0.15) is 6.61 Å². The summed E-state index contributed by atoms with van der Waals surface area (Å²) in [6.07, 6.45) is 10.4. The Morgan fingerprint density at radius 2 is 2.00 bits per heavy atom. The number of carbonyl (C=O) groups is 1. The van der Waals surface area contributed by atoms with Gasteiger partial charge in [0, 0.05) is 17.9 Å². The molecule has 0 radical (unpaired) electrons. The first kappa shape index (κ1) is 24.0. The normalized spacial score (nSPS) is 34.3. The van der Waals surface area contributed by atoms with Gasteiger partial charge in [-0.25, -0.2) is 4.79 Å². The summed E-state index contributed by atoms with van der Waals surface area (Å²) in [7, 11) is 0. The van der Waals surface area contributed by atoms with Gasteiger partial charge in [-0.05, 0) is 68.5 Å². The fourth-order valence-electron chi connectivity index (χ4n) is 6.57. The molecular weight excluding hydrogens is 410 g/mol. The zero-order valence-electron chi connectivity index (χ0n) is 20.4. The van der Waals surface area contributed by atoms with E-state index in [1.54, 1.807) is 0 Å². The minimum atomic E-state index is -0.314. The highest BCUT2D eigenvalue weighted by Gasteiger charge is 2.57. The molecule has 178 valence electrons. The van der Waals surface area contributed by atoms with Crippen LogP contribution in [0.3, 0.4) is 0 Å². The molecule has 4 rings (SSSR count). The van der Waals surface area contributed by atoms with Crippen molar-refractivity contribution < 1.29 is 14.6 Å². The Morgan fingerprint density at radius 1 is 1.24 bits per heavy atom. The van der Waals surface area contributed by atoms with Gasteiger partial charge in [0.05, 0.1) is 11.7 Å². The highest BCUT2D eigenvalue weighted by molar-refractivity contribution is 5.93. The van der Waals surface area contributed by atoms with Crippen LogP contribution in [0.4, 0.5) is 0 Å². The van der Waals surface area contributed by atoms with Crippen molar-refractivity contribution in [1.29, 1.82) is 0 Å². The molecule has 1 heterocycles. The molecule has 5 atom stereocenters. The van der Waals surface area contributed by atoms with Crippen LogP contribution in [0.2, 0.25) is 0 Å². The number of hydrogen-bond donors (Lipinski definition) is 2. The fraction of sp³-hybridized carbons (Fsp3) is 0.552. The van der Waals surface area contributed by atoms with Crippen LogP contribution >= 0.6 is 0 Å². The van der Waals surface area contributed by atoms with Gasteiger partial charge >= 0.3 is 5.97 Å². The quantitative estimate of drug-likeness (QED) is 0.353. The molecule has 1 aromatic carbocycles. The lowest BCUT2D eigenvalue weighted by Gasteiger charge is -2.60. The maximum Gasteiger partial charge on any atom is 0.338 e. The number of benzene rings is 1. The number of aliphatic hydroxyl groups excluding tert-OH is 1. The van der Waals surface area contributed by atoms with Crippen LogP contribution in [-0.4, -0.2) is 36.9 Å². The molecule has 1 aromatic rings. The molecule has 4 nitrogen and oxygen atoms in total. The molecule has 1 aliphatic heterocycles. The van der Waals surface area contributed by atoms with E-state index in [4.69, 9.17) is 4.74 Å². The van der Waals surface area contributed by atoms with Crippen molar-refractivity contribution in [2.24, 2.45) is 22.7 Å². The molecule has 0 spiro atoms. The number of carbonyl (C=O) groups excluding carboxylic acids is 1. The van der Waals surface area contributed by atoms with Crippen LogP contribution in [0.25, 0.3) is 0 Å². The second-order valence-electron chi connectivity index (χ2n) is 10.8. The van der Waals surface area contributed by atoms with Gasteiger partial charge in [-0.15, -0.1) is 0 Å². The number of cyclic esters (lactones) is 1. The van der Waals surface area contributed by atoms with Crippen molar-refractivity contribution >= 4 is 5.97 Å². The summed E-state index contributed by atoms with van der Waals surface area (Å²) < 4.78 is 5.06. The number of aryl methyl sites for hydroxylation is 1. The maximum atomic E-state index is 11.9. The Bertz CT molecular complexity index is 946. The first-order valence-electron chi connectivity index (χ1n) is 12.4. The molecule has 0 bridgehead atoms. The number of nitrogens with one attached hydrogen (secondary N) is 1. The molecule has 33 heavy (non-hydrogen) atoms. The van der Waals surface area contributed by atoms with Gasteiger partial charge < -0.3 is 15.2 Å². The Hall–Kier alpha value is -2.17. The SMILES string of the molecule is C=C1CC[C@@H]2[C@](C)(CNCCc3ccc(C)cc3)[C@H](O)CC[C@@]2(C)[C@@H]1/C=C/C1=CCOC1=O.